The molecule has 3 aliphatic rings. The third-order valence-corrected chi connectivity index (χ3v) is 7.44. The molecule has 1 saturated heterocycles. The van der Waals surface area contributed by atoms with Gasteiger partial charge in [0.05, 0.1) is 23.0 Å². The Hall–Kier alpha value is -3.95. The molecule has 7 nitrogen and oxygen atoms in total. The summed E-state index contributed by atoms with van der Waals surface area (Å²) in [5.74, 6) is 0.325. The number of carbonyl (C=O) groups is 1. The molecule has 2 atom stereocenters. The van der Waals surface area contributed by atoms with Gasteiger partial charge in [-0.3, -0.25) is 4.79 Å². The standard InChI is InChI=1S/C26H23F3N6O/c1-17-25(23(36)35(32-17)20-6-3-2-4-7-20)15-18-14-19(26(27,28)29)8-9-21(18)34-13-12-33(16-22(25)34)24-30-10-5-11-31-24/h2-11,14,22H,12-13,15-16H2,1H3/t22-,25+/m0/s1. The average Bonchev–Trinajstić information content (AvgIpc) is 3.14. The minimum Gasteiger partial charge on any atom is -0.363 e. The molecule has 1 aromatic heterocycles. The molecule has 0 bridgehead atoms. The first-order valence-corrected chi connectivity index (χ1v) is 11.7. The summed E-state index contributed by atoms with van der Waals surface area (Å²) in [5, 5.41) is 6.04. The highest BCUT2D eigenvalue weighted by Crippen LogP contribution is 2.49. The van der Waals surface area contributed by atoms with Crippen molar-refractivity contribution >= 4 is 28.9 Å². The number of nitrogens with zero attached hydrogens (tertiary/aromatic N) is 6. The number of benzene rings is 2. The molecule has 184 valence electrons. The highest BCUT2D eigenvalue weighted by atomic mass is 19.4. The molecule has 0 unspecified atom stereocenters. The van der Waals surface area contributed by atoms with Gasteiger partial charge in [-0.2, -0.15) is 23.3 Å². The first kappa shape index (κ1) is 22.5. The predicted octanol–water partition coefficient (Wildman–Crippen LogP) is 4.16. The number of amides is 1. The summed E-state index contributed by atoms with van der Waals surface area (Å²) in [6.45, 7) is 3.32. The minimum absolute atomic E-state index is 0.133. The SMILES string of the molecule is CC1=NN(c2ccccc2)C(=O)[C@]12Cc1cc(C(F)(F)F)ccc1N1CCN(c3ncccn3)C[C@H]12. The van der Waals surface area contributed by atoms with Gasteiger partial charge in [0.25, 0.3) is 5.91 Å². The summed E-state index contributed by atoms with van der Waals surface area (Å²) in [6, 6.07) is 14.3. The van der Waals surface area contributed by atoms with Gasteiger partial charge in [-0.1, -0.05) is 18.2 Å². The Morgan fingerprint density at radius 3 is 2.47 bits per heavy atom. The lowest BCUT2D eigenvalue weighted by Crippen LogP contribution is -2.67. The summed E-state index contributed by atoms with van der Waals surface area (Å²) < 4.78 is 40.8. The molecule has 36 heavy (non-hydrogen) atoms. The molecule has 3 aliphatic heterocycles. The van der Waals surface area contributed by atoms with Crippen LogP contribution in [-0.2, 0) is 17.4 Å². The lowest BCUT2D eigenvalue weighted by Gasteiger charge is -2.53. The molecule has 0 radical (unpaired) electrons. The molecule has 10 heteroatoms. The van der Waals surface area contributed by atoms with Crippen molar-refractivity contribution in [1.29, 1.82) is 0 Å². The number of hydrogen-bond acceptors (Lipinski definition) is 6. The molecule has 1 amide bonds. The number of hydrogen-bond donors (Lipinski definition) is 0. The van der Waals surface area contributed by atoms with Gasteiger partial charge in [-0.15, -0.1) is 0 Å². The van der Waals surface area contributed by atoms with Crippen LogP contribution in [0.1, 0.15) is 18.1 Å². The Morgan fingerprint density at radius 1 is 1.00 bits per heavy atom. The summed E-state index contributed by atoms with van der Waals surface area (Å²) in [4.78, 5) is 27.1. The van der Waals surface area contributed by atoms with Crippen molar-refractivity contribution in [1.82, 2.24) is 9.97 Å². The molecule has 0 saturated carbocycles. The molecule has 3 aromatic rings. The van der Waals surface area contributed by atoms with Gasteiger partial charge < -0.3 is 9.80 Å². The van der Waals surface area contributed by atoms with Crippen LogP contribution in [0.15, 0.2) is 72.1 Å². The molecular formula is C26H23F3N6O. The third-order valence-electron chi connectivity index (χ3n) is 7.44. The van der Waals surface area contributed by atoms with E-state index >= 15 is 0 Å². The van der Waals surface area contributed by atoms with Gasteiger partial charge >= 0.3 is 6.18 Å². The highest BCUT2D eigenvalue weighted by Gasteiger charge is 2.60. The Balaban J connectivity index is 1.48. The molecule has 0 N–H and O–H groups in total. The number of halogens is 3. The van der Waals surface area contributed by atoms with E-state index in [0.717, 1.165) is 11.8 Å². The van der Waals surface area contributed by atoms with Crippen molar-refractivity contribution in [3.05, 3.63) is 78.1 Å². The van der Waals surface area contributed by atoms with E-state index in [0.29, 0.717) is 42.5 Å². The van der Waals surface area contributed by atoms with Crippen molar-refractivity contribution in [2.24, 2.45) is 10.5 Å². The van der Waals surface area contributed by atoms with Crippen LogP contribution in [0.5, 0.6) is 0 Å². The maximum atomic E-state index is 14.2. The van der Waals surface area contributed by atoms with Crippen LogP contribution in [-0.4, -0.2) is 47.3 Å². The lowest BCUT2D eigenvalue weighted by atomic mass is 9.67. The average molecular weight is 493 g/mol. The Labute approximate surface area is 205 Å². The topological polar surface area (TPSA) is 64.9 Å². The van der Waals surface area contributed by atoms with Gasteiger partial charge in [0, 0.05) is 37.7 Å². The number of anilines is 3. The van der Waals surface area contributed by atoms with Crippen molar-refractivity contribution in [3.63, 3.8) is 0 Å². The number of alkyl halides is 3. The zero-order valence-corrected chi connectivity index (χ0v) is 19.5. The summed E-state index contributed by atoms with van der Waals surface area (Å²) >= 11 is 0. The van der Waals surface area contributed by atoms with Crippen LogP contribution in [0.3, 0.4) is 0 Å². The number of hydrazone groups is 1. The van der Waals surface area contributed by atoms with Crippen molar-refractivity contribution < 1.29 is 18.0 Å². The Bertz CT molecular complexity index is 1350. The van der Waals surface area contributed by atoms with Crippen molar-refractivity contribution in [3.8, 4) is 0 Å². The summed E-state index contributed by atoms with van der Waals surface area (Å²) in [7, 11) is 0. The van der Waals surface area contributed by atoms with Crippen molar-refractivity contribution in [2.75, 3.05) is 34.4 Å². The second-order valence-electron chi connectivity index (χ2n) is 9.33. The number of aromatic nitrogens is 2. The fourth-order valence-corrected chi connectivity index (χ4v) is 5.69. The van der Waals surface area contributed by atoms with E-state index in [1.807, 2.05) is 23.1 Å². The number of carbonyl (C=O) groups excluding carboxylic acids is 1. The summed E-state index contributed by atoms with van der Waals surface area (Å²) in [6.07, 6.45) is -0.997. The third kappa shape index (κ3) is 3.35. The molecule has 4 heterocycles. The molecule has 1 spiro atoms. The number of para-hydroxylation sites is 1. The molecule has 6 rings (SSSR count). The highest BCUT2D eigenvalue weighted by molar-refractivity contribution is 6.20. The largest absolute Gasteiger partial charge is 0.416 e. The maximum Gasteiger partial charge on any atom is 0.416 e. The second kappa shape index (κ2) is 8.04. The van der Waals surface area contributed by atoms with E-state index in [1.54, 1.807) is 37.5 Å². The zero-order chi connectivity index (χ0) is 25.1. The molecule has 0 aliphatic carbocycles. The fraction of sp³-hybridized carbons (Fsp3) is 0.308. The van der Waals surface area contributed by atoms with Crippen LogP contribution < -0.4 is 14.8 Å². The molecule has 2 aromatic carbocycles. The lowest BCUT2D eigenvalue weighted by molar-refractivity contribution is -0.137. The van der Waals surface area contributed by atoms with Crippen LogP contribution in [0.2, 0.25) is 0 Å². The van der Waals surface area contributed by atoms with E-state index in [-0.39, 0.29) is 18.4 Å². The Kier molecular flexibility index (Phi) is 5.03. The molecular weight excluding hydrogens is 469 g/mol. The molecule has 1 fully saturated rings. The van der Waals surface area contributed by atoms with Gasteiger partial charge in [-0.25, -0.2) is 9.97 Å². The van der Waals surface area contributed by atoms with E-state index in [4.69, 9.17) is 0 Å². The van der Waals surface area contributed by atoms with E-state index in [2.05, 4.69) is 20.0 Å². The predicted molar refractivity (Wildman–Crippen MR) is 130 cm³/mol. The number of piperazine rings is 1. The second-order valence-corrected chi connectivity index (χ2v) is 9.33. The zero-order valence-electron chi connectivity index (χ0n) is 19.5. The first-order chi connectivity index (χ1) is 17.3. The number of fused-ring (bicyclic) bond motifs is 4. The van der Waals surface area contributed by atoms with Gasteiger partial charge in [0.1, 0.15) is 5.41 Å². The van der Waals surface area contributed by atoms with Crippen molar-refractivity contribution in [2.45, 2.75) is 25.6 Å². The van der Waals surface area contributed by atoms with Gasteiger partial charge in [0.15, 0.2) is 0 Å². The van der Waals surface area contributed by atoms with E-state index < -0.39 is 17.2 Å². The van der Waals surface area contributed by atoms with Crippen LogP contribution in [0.25, 0.3) is 0 Å². The summed E-state index contributed by atoms with van der Waals surface area (Å²) in [5.41, 5.74) is 0.602. The number of rotatable bonds is 2. The van der Waals surface area contributed by atoms with E-state index in [9.17, 15) is 18.0 Å². The monoisotopic (exact) mass is 492 g/mol. The quantitative estimate of drug-likeness (QED) is 0.538. The van der Waals surface area contributed by atoms with Gasteiger partial charge in [-0.05, 0) is 55.3 Å². The maximum absolute atomic E-state index is 14.2. The normalized spacial score (nSPS) is 23.6. The van der Waals surface area contributed by atoms with Crippen LogP contribution >= 0.6 is 0 Å². The van der Waals surface area contributed by atoms with Crippen LogP contribution in [0, 0.1) is 5.41 Å². The fourth-order valence-electron chi connectivity index (χ4n) is 5.69. The smallest absolute Gasteiger partial charge is 0.363 e. The van der Waals surface area contributed by atoms with E-state index in [1.165, 1.54) is 17.1 Å². The minimum atomic E-state index is -4.47. The van der Waals surface area contributed by atoms with Crippen LogP contribution in [0.4, 0.5) is 30.5 Å². The van der Waals surface area contributed by atoms with Gasteiger partial charge in [0.2, 0.25) is 5.95 Å². The first-order valence-electron chi connectivity index (χ1n) is 11.7. The Morgan fingerprint density at radius 2 is 1.75 bits per heavy atom.